The molecule has 0 aromatic heterocycles. The number of anilines is 2. The van der Waals surface area contributed by atoms with Crippen LogP contribution in [0.1, 0.15) is 52.6 Å². The van der Waals surface area contributed by atoms with Crippen molar-refractivity contribution in [2.24, 2.45) is 10.2 Å². The van der Waals surface area contributed by atoms with Gasteiger partial charge in [0, 0.05) is 21.5 Å². The van der Waals surface area contributed by atoms with Crippen molar-refractivity contribution in [2.75, 3.05) is 11.5 Å². The summed E-state index contributed by atoms with van der Waals surface area (Å²) in [7, 11) is -21.4. The summed E-state index contributed by atoms with van der Waals surface area (Å²) in [6.07, 6.45) is 2.31. The molecule has 0 saturated carbocycles. The van der Waals surface area contributed by atoms with Crippen LogP contribution in [0, 0.1) is 0 Å². The molecule has 0 atom stereocenters. The molecule has 0 aliphatic carbocycles. The van der Waals surface area contributed by atoms with Crippen LogP contribution in [0.3, 0.4) is 0 Å². The van der Waals surface area contributed by atoms with Crippen LogP contribution in [-0.4, -0.2) is 110 Å². The lowest BCUT2D eigenvalue weighted by Gasteiger charge is -2.28. The lowest BCUT2D eigenvalue weighted by atomic mass is 9.93. The molecule has 8 amide bonds. The number of amides is 8. The van der Waals surface area contributed by atoms with Crippen molar-refractivity contribution in [2.45, 2.75) is 19.6 Å². The largest absolute Gasteiger partial charge is 0.744 e. The molecule has 0 fully saturated rings. The van der Waals surface area contributed by atoms with Crippen molar-refractivity contribution < 1.29 is 80.6 Å². The molecule has 72 heavy (non-hydrogen) atoms. The van der Waals surface area contributed by atoms with Crippen LogP contribution in [0.4, 0.5) is 21.0 Å². The van der Waals surface area contributed by atoms with E-state index in [4.69, 9.17) is 11.5 Å². The molecule has 2 heterocycles. The molecule has 8 rings (SSSR count). The second-order valence-electron chi connectivity index (χ2n) is 15.0. The lowest BCUT2D eigenvalue weighted by molar-refractivity contribution is 0.0530. The summed E-state index contributed by atoms with van der Waals surface area (Å²) in [6, 6.07) is 13.8. The van der Waals surface area contributed by atoms with E-state index in [0.717, 1.165) is 12.4 Å². The average molecular weight is 1060 g/mol. The van der Waals surface area contributed by atoms with Crippen molar-refractivity contribution >= 4 is 122 Å². The van der Waals surface area contributed by atoms with E-state index in [9.17, 15) is 80.6 Å². The molecule has 8 N–H and O–H groups in total. The van der Waals surface area contributed by atoms with E-state index in [-0.39, 0.29) is 20.8 Å². The van der Waals surface area contributed by atoms with E-state index >= 15 is 0 Å². The number of nitrogens with two attached hydrogens (primary N) is 2. The van der Waals surface area contributed by atoms with Crippen LogP contribution in [0.2, 0.25) is 0 Å². The highest BCUT2D eigenvalue weighted by Crippen LogP contribution is 2.40. The molecule has 32 heteroatoms. The summed E-state index contributed by atoms with van der Waals surface area (Å²) < 4.78 is 143. The first-order valence-electron chi connectivity index (χ1n) is 19.4. The van der Waals surface area contributed by atoms with Gasteiger partial charge in [-0.25, -0.2) is 65.0 Å². The van der Waals surface area contributed by atoms with E-state index < -0.39 is 140 Å². The van der Waals surface area contributed by atoms with Gasteiger partial charge < -0.3 is 29.7 Å². The van der Waals surface area contributed by atoms with Crippen LogP contribution in [0.15, 0.2) is 115 Å². The van der Waals surface area contributed by atoms with E-state index in [2.05, 4.69) is 10.2 Å². The Bertz CT molecular complexity index is 3710. The van der Waals surface area contributed by atoms with Crippen molar-refractivity contribution in [3.63, 3.8) is 0 Å². The van der Waals surface area contributed by atoms with Gasteiger partial charge in [0.15, 0.2) is 0 Å². The minimum Gasteiger partial charge on any atom is -0.744 e. The van der Waals surface area contributed by atoms with Crippen molar-refractivity contribution in [3.8, 4) is 11.1 Å². The third-order valence-electron chi connectivity index (χ3n) is 10.6. The van der Waals surface area contributed by atoms with Crippen LogP contribution >= 0.6 is 0 Å². The van der Waals surface area contributed by atoms with Crippen LogP contribution in [0.5, 0.6) is 0 Å². The maximum atomic E-state index is 13.4. The molecule has 28 nitrogen and oxygen atoms in total. The fraction of sp³-hybridized carbons (Fsp3) is 0. The van der Waals surface area contributed by atoms with Gasteiger partial charge in [0.25, 0.3) is 23.6 Å². The summed E-state index contributed by atoms with van der Waals surface area (Å²) in [6.45, 7) is 0. The Kier molecular flexibility index (Phi) is 12.1. The van der Waals surface area contributed by atoms with Crippen molar-refractivity contribution in [1.29, 1.82) is 0 Å². The molecule has 6 aromatic carbocycles. The van der Waals surface area contributed by atoms with Crippen molar-refractivity contribution in [3.05, 3.63) is 118 Å². The van der Waals surface area contributed by atoms with Gasteiger partial charge in [-0.15, -0.1) is 0 Å². The monoisotopic (exact) mass is 1060 g/mol. The standard InChI is InChI=1S/C40H28N10O18S4/c41-33-23-9-21(69(57,58)59)11-25-31(23)27(13-29(33)71(63,64)65)37(53)49(35(25)51)47-39(55)45-43-15-17-1-5-19(6-2-17)20-7-3-18(4-8-20)16-44-46-40(56)48-50-36(52)26-12-22(70(60,61)62)10-24-32(26)28(38(50)54)14-30(34(24)42)72(66,67)68/h1-16H,41-42H2,(H2,45,47,55)(H2,46,48,56)(H,57,58,59)(H,60,61,62)(H,63,64,65)(H,66,67,68)/p-4/b43-15+,44-16+. The number of hydrogen-bond donors (Lipinski definition) is 6. The van der Waals surface area contributed by atoms with Gasteiger partial charge >= 0.3 is 12.1 Å². The number of rotatable bonds is 11. The fourth-order valence-corrected chi connectivity index (χ4v) is 9.75. The Morgan fingerprint density at radius 3 is 1.07 bits per heavy atom. The molecule has 2 aliphatic heterocycles. The summed E-state index contributed by atoms with van der Waals surface area (Å²) in [5, 5.41) is 5.71. The van der Waals surface area contributed by atoms with E-state index in [0.29, 0.717) is 58.7 Å². The summed E-state index contributed by atoms with van der Waals surface area (Å²) in [5.41, 5.74) is 17.2. The maximum absolute atomic E-state index is 13.4. The Morgan fingerprint density at radius 2 is 0.778 bits per heavy atom. The van der Waals surface area contributed by atoms with E-state index in [1.807, 2.05) is 21.7 Å². The number of nitrogens with one attached hydrogen (secondary N) is 4. The number of benzene rings is 6. The molecule has 2 aliphatic rings. The average Bonchev–Trinajstić information content (AvgIpc) is 3.29. The Balaban J connectivity index is 0.891. The SMILES string of the molecule is Nc1c(S(=O)(=O)[O-])cc2c3c(cc(S(=O)(=O)[O-])cc13)C(=O)N(NC(=O)N/N=C/c1ccc(-c3ccc(/C=N/NC(=O)NN4C(=O)c5cc(S(=O)(=O)[O-])cc6c(N)c(S(=O)(=O)[O-])cc(c56)C4=O)cc3)cc1)C2=O. The Hall–Kier alpha value is -8.76. The molecular formula is C40H24N10O18S4-4. The zero-order valence-electron chi connectivity index (χ0n) is 35.2. The number of nitrogens with zero attached hydrogens (tertiary/aromatic N) is 4. The van der Waals surface area contributed by atoms with Gasteiger partial charge in [-0.1, -0.05) is 48.5 Å². The summed E-state index contributed by atoms with van der Waals surface area (Å²) in [5.74, 6) is -5.43. The molecule has 0 spiro atoms. The zero-order chi connectivity index (χ0) is 52.6. The smallest absolute Gasteiger partial charge is 0.354 e. The van der Waals surface area contributed by atoms with E-state index in [1.165, 1.54) is 0 Å². The van der Waals surface area contributed by atoms with Gasteiger partial charge in [-0.3, -0.25) is 19.2 Å². The second-order valence-corrected chi connectivity index (χ2v) is 20.5. The molecule has 6 aromatic rings. The van der Waals surface area contributed by atoms with Gasteiger partial charge in [0.2, 0.25) is 0 Å². The number of imide groups is 2. The number of nitrogen functional groups attached to an aromatic ring is 2. The maximum Gasteiger partial charge on any atom is 0.354 e. The first-order valence-corrected chi connectivity index (χ1v) is 25.0. The van der Waals surface area contributed by atoms with Crippen LogP contribution in [-0.2, 0) is 40.5 Å². The zero-order valence-corrected chi connectivity index (χ0v) is 38.4. The summed E-state index contributed by atoms with van der Waals surface area (Å²) >= 11 is 0. The highest BCUT2D eigenvalue weighted by Gasteiger charge is 2.39. The predicted molar refractivity (Wildman–Crippen MR) is 240 cm³/mol. The van der Waals surface area contributed by atoms with Gasteiger partial charge in [0.05, 0.1) is 65.6 Å². The lowest BCUT2D eigenvalue weighted by Crippen LogP contribution is -2.53. The molecule has 370 valence electrons. The topological polar surface area (TPSA) is 463 Å². The van der Waals surface area contributed by atoms with Crippen LogP contribution in [0.25, 0.3) is 32.7 Å². The molecule has 0 bridgehead atoms. The van der Waals surface area contributed by atoms with Gasteiger partial charge in [-0.2, -0.15) is 20.2 Å². The quantitative estimate of drug-likeness (QED) is 0.0330. The number of carbonyl (C=O) groups is 6. The number of hydrazine groups is 2. The number of hydrazone groups is 2. The molecule has 0 saturated heterocycles. The normalized spacial score (nSPS) is 14.2. The first kappa shape index (κ1) is 49.7. The van der Waals surface area contributed by atoms with Gasteiger partial charge in [0.1, 0.15) is 40.5 Å². The predicted octanol–water partition coefficient (Wildman–Crippen LogP) is 0.129. The highest BCUT2D eigenvalue weighted by molar-refractivity contribution is 7.86. The first-order chi connectivity index (χ1) is 33.5. The molecule has 0 radical (unpaired) electrons. The molecule has 0 unspecified atom stereocenters. The van der Waals surface area contributed by atoms with Crippen molar-refractivity contribution in [1.82, 2.24) is 31.7 Å². The molecular weight excluding hydrogens is 1040 g/mol. The Morgan fingerprint density at radius 1 is 0.472 bits per heavy atom. The highest BCUT2D eigenvalue weighted by atomic mass is 32.2. The van der Waals surface area contributed by atoms with E-state index in [1.54, 1.807) is 48.5 Å². The van der Waals surface area contributed by atoms with Gasteiger partial charge in [-0.05, 0) is 58.7 Å². The van der Waals surface area contributed by atoms with Crippen LogP contribution < -0.4 is 33.2 Å². The summed E-state index contributed by atoms with van der Waals surface area (Å²) in [4.78, 5) is 74.6. The minimum absolute atomic E-state index is 0.0711. The Labute approximate surface area is 402 Å². The third-order valence-corrected chi connectivity index (χ3v) is 14.0. The number of urea groups is 2. The third kappa shape index (κ3) is 9.22. The second kappa shape index (κ2) is 17.6. The fourth-order valence-electron chi connectivity index (χ4n) is 7.42. The number of carbonyl (C=O) groups excluding carboxylic acids is 6. The number of hydrogen-bond acceptors (Lipinski definition) is 22. The minimum atomic E-state index is -5.40.